The van der Waals surface area contributed by atoms with Gasteiger partial charge in [0.15, 0.2) is 0 Å². The lowest BCUT2D eigenvalue weighted by molar-refractivity contribution is -0.125. The van der Waals surface area contributed by atoms with E-state index in [1.54, 1.807) is 0 Å². The summed E-state index contributed by atoms with van der Waals surface area (Å²) in [6.45, 7) is 2.34. The van der Waals surface area contributed by atoms with E-state index < -0.39 is 0 Å². The molecule has 0 unspecified atom stereocenters. The van der Waals surface area contributed by atoms with E-state index in [0.717, 1.165) is 36.2 Å². The molecule has 2 fully saturated rings. The van der Waals surface area contributed by atoms with Crippen LogP contribution in [0.1, 0.15) is 36.6 Å². The van der Waals surface area contributed by atoms with Crippen molar-refractivity contribution in [2.45, 2.75) is 37.1 Å². The molecular weight excluding hydrogens is 402 g/mol. The third kappa shape index (κ3) is 4.25. The maximum Gasteiger partial charge on any atom is 0.234 e. The fourth-order valence-electron chi connectivity index (χ4n) is 5.29. The Morgan fingerprint density at radius 3 is 2.78 bits per heavy atom. The molecule has 7 nitrogen and oxygen atoms in total. The molecule has 2 aromatic carbocycles. The minimum Gasteiger partial charge on any atom is -0.355 e. The molecule has 0 aliphatic carbocycles. The van der Waals surface area contributed by atoms with E-state index in [1.807, 2.05) is 42.5 Å². The maximum absolute atomic E-state index is 12.7. The number of likely N-dealkylation sites (tertiary alicyclic amines) is 1. The summed E-state index contributed by atoms with van der Waals surface area (Å²) in [6.07, 6.45) is 3.09. The zero-order valence-electron chi connectivity index (χ0n) is 18.1. The predicted molar refractivity (Wildman–Crippen MR) is 123 cm³/mol. The number of benzene rings is 2. The summed E-state index contributed by atoms with van der Waals surface area (Å²) in [4.78, 5) is 35.0. The van der Waals surface area contributed by atoms with Crippen LogP contribution in [-0.4, -0.2) is 58.4 Å². The number of para-hydroxylation sites is 2. The molecule has 166 valence electrons. The lowest BCUT2D eigenvalue weighted by Crippen LogP contribution is -2.56. The molecule has 3 N–H and O–H groups in total. The zero-order valence-corrected chi connectivity index (χ0v) is 18.1. The molecule has 7 heteroatoms. The van der Waals surface area contributed by atoms with Crippen LogP contribution in [0.3, 0.4) is 0 Å². The van der Waals surface area contributed by atoms with Crippen molar-refractivity contribution in [1.29, 1.82) is 0 Å². The second-order valence-corrected chi connectivity index (χ2v) is 8.99. The Morgan fingerprint density at radius 2 is 1.97 bits per heavy atom. The second-order valence-electron chi connectivity index (χ2n) is 8.99. The minimum atomic E-state index is -0.286. The highest BCUT2D eigenvalue weighted by Gasteiger charge is 2.49. The number of piperidine rings is 1. The van der Waals surface area contributed by atoms with E-state index in [0.29, 0.717) is 32.5 Å². The number of fused-ring (bicyclic) bond motifs is 1. The molecule has 0 bridgehead atoms. The summed E-state index contributed by atoms with van der Waals surface area (Å²) in [5.74, 6) is 1.19. The van der Waals surface area contributed by atoms with Crippen molar-refractivity contribution in [3.05, 3.63) is 66.0 Å². The standard InChI is InChI=1S/C25H29N5O2/c31-23-11-6-13-25(29-23)17-30(15-19(25)18-7-2-1-3-8-18)16-24(32)26-14-12-22-27-20-9-4-5-10-21(20)28-22/h1-5,7-10,19H,6,11-17H2,(H,26,32)(H,27,28)(H,29,31)/t19-,25+/m0/s1. The van der Waals surface area contributed by atoms with Crippen molar-refractivity contribution < 1.29 is 9.59 Å². The van der Waals surface area contributed by atoms with E-state index in [-0.39, 0.29) is 23.3 Å². The molecule has 5 rings (SSSR count). The molecule has 2 atom stereocenters. The first-order valence-corrected chi connectivity index (χ1v) is 11.4. The van der Waals surface area contributed by atoms with Gasteiger partial charge in [0.25, 0.3) is 0 Å². The lowest BCUT2D eigenvalue weighted by Gasteiger charge is -2.39. The molecule has 2 aliphatic rings. The average molecular weight is 432 g/mol. The van der Waals surface area contributed by atoms with Crippen LogP contribution in [0.25, 0.3) is 11.0 Å². The number of imidazole rings is 1. The molecule has 2 aliphatic heterocycles. The van der Waals surface area contributed by atoms with Gasteiger partial charge in [-0.2, -0.15) is 0 Å². The van der Waals surface area contributed by atoms with Gasteiger partial charge in [0.05, 0.1) is 23.1 Å². The molecular formula is C25H29N5O2. The summed E-state index contributed by atoms with van der Waals surface area (Å²) in [5, 5.41) is 6.33. The van der Waals surface area contributed by atoms with Crippen molar-refractivity contribution in [1.82, 2.24) is 25.5 Å². The lowest BCUT2D eigenvalue weighted by atomic mass is 9.76. The van der Waals surface area contributed by atoms with Crippen LogP contribution in [0.4, 0.5) is 0 Å². The molecule has 0 saturated carbocycles. The Bertz CT molecular complexity index is 1080. The number of carbonyl (C=O) groups excluding carboxylic acids is 2. The number of carbonyl (C=O) groups is 2. The third-order valence-corrected chi connectivity index (χ3v) is 6.72. The van der Waals surface area contributed by atoms with Gasteiger partial charge in [-0.15, -0.1) is 0 Å². The van der Waals surface area contributed by atoms with E-state index in [2.05, 4.69) is 37.6 Å². The number of hydrogen-bond donors (Lipinski definition) is 3. The van der Waals surface area contributed by atoms with Gasteiger partial charge in [0.2, 0.25) is 11.8 Å². The first kappa shape index (κ1) is 20.7. The number of nitrogens with zero attached hydrogens (tertiary/aromatic N) is 2. The van der Waals surface area contributed by atoms with Crippen molar-refractivity contribution in [3.8, 4) is 0 Å². The Labute approximate surface area is 187 Å². The summed E-state index contributed by atoms with van der Waals surface area (Å²) in [5.41, 5.74) is 2.89. The van der Waals surface area contributed by atoms with Crippen molar-refractivity contribution in [2.24, 2.45) is 0 Å². The SMILES string of the molecule is O=C(CN1C[C@@H](c2ccccc2)[C@@]2(CCCC(=O)N2)C1)NCCc1nc2ccccc2[nH]1. The molecule has 3 aromatic rings. The summed E-state index contributed by atoms with van der Waals surface area (Å²) < 4.78 is 0. The second kappa shape index (κ2) is 8.74. The highest BCUT2D eigenvalue weighted by atomic mass is 16.2. The third-order valence-electron chi connectivity index (χ3n) is 6.72. The number of aromatic amines is 1. The van der Waals surface area contributed by atoms with Gasteiger partial charge in [-0.05, 0) is 30.5 Å². The van der Waals surface area contributed by atoms with Crippen LogP contribution in [0.2, 0.25) is 0 Å². The highest BCUT2D eigenvalue weighted by Crippen LogP contribution is 2.41. The van der Waals surface area contributed by atoms with Gasteiger partial charge in [-0.1, -0.05) is 42.5 Å². The molecule has 2 saturated heterocycles. The number of aromatic nitrogens is 2. The number of amides is 2. The fourth-order valence-corrected chi connectivity index (χ4v) is 5.29. The van der Waals surface area contributed by atoms with Crippen molar-refractivity contribution in [2.75, 3.05) is 26.2 Å². The van der Waals surface area contributed by atoms with Crippen molar-refractivity contribution in [3.63, 3.8) is 0 Å². The molecule has 2 amide bonds. The minimum absolute atomic E-state index is 0.00658. The number of H-pyrrole nitrogens is 1. The number of nitrogens with one attached hydrogen (secondary N) is 3. The Morgan fingerprint density at radius 1 is 1.16 bits per heavy atom. The molecule has 1 spiro atoms. The first-order valence-electron chi connectivity index (χ1n) is 11.4. The van der Waals surface area contributed by atoms with Crippen LogP contribution in [-0.2, 0) is 16.0 Å². The largest absolute Gasteiger partial charge is 0.355 e. The van der Waals surface area contributed by atoms with Crippen molar-refractivity contribution >= 4 is 22.8 Å². The van der Waals surface area contributed by atoms with E-state index >= 15 is 0 Å². The average Bonchev–Trinajstić information content (AvgIpc) is 3.35. The first-order chi connectivity index (χ1) is 15.6. The molecule has 32 heavy (non-hydrogen) atoms. The number of rotatable bonds is 6. The van der Waals surface area contributed by atoms with Crippen LogP contribution < -0.4 is 10.6 Å². The van der Waals surface area contributed by atoms with Crippen LogP contribution in [0.15, 0.2) is 54.6 Å². The Hall–Kier alpha value is -3.19. The smallest absolute Gasteiger partial charge is 0.234 e. The molecule has 0 radical (unpaired) electrons. The highest BCUT2D eigenvalue weighted by molar-refractivity contribution is 5.79. The number of hydrogen-bond acceptors (Lipinski definition) is 4. The Kier molecular flexibility index (Phi) is 5.66. The van der Waals surface area contributed by atoms with Gasteiger partial charge >= 0.3 is 0 Å². The van der Waals surface area contributed by atoms with Crippen LogP contribution in [0.5, 0.6) is 0 Å². The van der Waals surface area contributed by atoms with E-state index in [4.69, 9.17) is 0 Å². The van der Waals surface area contributed by atoms with Gasteiger partial charge in [-0.25, -0.2) is 4.98 Å². The summed E-state index contributed by atoms with van der Waals surface area (Å²) >= 11 is 0. The van der Waals surface area contributed by atoms with Crippen LogP contribution in [0, 0.1) is 0 Å². The van der Waals surface area contributed by atoms with E-state index in [1.165, 1.54) is 5.56 Å². The predicted octanol–water partition coefficient (Wildman–Crippen LogP) is 2.36. The molecule has 1 aromatic heterocycles. The van der Waals surface area contributed by atoms with E-state index in [9.17, 15) is 9.59 Å². The zero-order chi connectivity index (χ0) is 22.0. The fraction of sp³-hybridized carbons (Fsp3) is 0.400. The molecule has 3 heterocycles. The Balaban J connectivity index is 1.20. The summed E-state index contributed by atoms with van der Waals surface area (Å²) in [7, 11) is 0. The topological polar surface area (TPSA) is 90.1 Å². The van der Waals surface area contributed by atoms with Gasteiger partial charge < -0.3 is 15.6 Å². The van der Waals surface area contributed by atoms with Gasteiger partial charge in [-0.3, -0.25) is 14.5 Å². The normalized spacial score (nSPS) is 23.5. The monoisotopic (exact) mass is 431 g/mol. The summed E-state index contributed by atoms with van der Waals surface area (Å²) in [6, 6.07) is 18.3. The quantitative estimate of drug-likeness (QED) is 0.559. The van der Waals surface area contributed by atoms with Gasteiger partial charge in [0.1, 0.15) is 5.82 Å². The maximum atomic E-state index is 12.7. The van der Waals surface area contributed by atoms with Gasteiger partial charge in [0, 0.05) is 38.4 Å². The van der Waals surface area contributed by atoms with Crippen LogP contribution >= 0.6 is 0 Å².